The molecule has 2 aromatic rings. The van der Waals surface area contributed by atoms with E-state index < -0.39 is 0 Å². The molecule has 0 N–H and O–H groups in total. The zero-order chi connectivity index (χ0) is 18.1. The Hall–Kier alpha value is -1.48. The van der Waals surface area contributed by atoms with E-state index >= 15 is 0 Å². The SMILES string of the molecule is COCC1(COC)COc2c(C)sc(-c3scc4c3OCCO4)c2OC1. The number of aryl methyl sites for hydroxylation is 1. The highest BCUT2D eigenvalue weighted by Crippen LogP contribution is 2.56. The lowest BCUT2D eigenvalue weighted by molar-refractivity contribution is -0.0360. The van der Waals surface area contributed by atoms with Crippen LogP contribution in [0.25, 0.3) is 9.75 Å². The Bertz CT molecular complexity index is 775. The average Bonchev–Trinajstić information content (AvgIpc) is 3.13. The summed E-state index contributed by atoms with van der Waals surface area (Å²) in [5.74, 6) is 3.19. The fraction of sp³-hybridized carbons (Fsp3) is 0.556. The lowest BCUT2D eigenvalue weighted by atomic mass is 9.92. The molecule has 0 aliphatic carbocycles. The van der Waals surface area contributed by atoms with Crippen LogP contribution in [0.3, 0.4) is 0 Å². The molecule has 2 aliphatic heterocycles. The van der Waals surface area contributed by atoms with E-state index in [1.54, 1.807) is 36.9 Å². The van der Waals surface area contributed by atoms with Crippen LogP contribution in [0, 0.1) is 12.3 Å². The van der Waals surface area contributed by atoms with Crippen LogP contribution in [0.2, 0.25) is 0 Å². The third kappa shape index (κ3) is 3.05. The molecule has 8 heteroatoms. The van der Waals surface area contributed by atoms with Gasteiger partial charge >= 0.3 is 0 Å². The molecule has 4 heterocycles. The molecule has 0 saturated heterocycles. The van der Waals surface area contributed by atoms with E-state index in [0.29, 0.717) is 39.6 Å². The summed E-state index contributed by atoms with van der Waals surface area (Å²) in [6.45, 7) is 5.17. The van der Waals surface area contributed by atoms with Crippen LogP contribution in [-0.2, 0) is 9.47 Å². The van der Waals surface area contributed by atoms with Gasteiger partial charge in [0.05, 0.1) is 28.4 Å². The molecule has 0 unspecified atom stereocenters. The summed E-state index contributed by atoms with van der Waals surface area (Å²) in [6, 6.07) is 0. The number of ether oxygens (including phenoxy) is 6. The smallest absolute Gasteiger partial charge is 0.181 e. The molecule has 26 heavy (non-hydrogen) atoms. The second-order valence-corrected chi connectivity index (χ2v) is 8.65. The molecule has 0 fully saturated rings. The van der Waals surface area contributed by atoms with E-state index in [1.165, 1.54) is 0 Å². The van der Waals surface area contributed by atoms with Gasteiger partial charge < -0.3 is 28.4 Å². The second kappa shape index (κ2) is 7.26. The standard InChI is InChI=1S/C18H22O6S2/c1-11-13-15(24-10-18(7-19-2,8-20-3)9-23-13)17(26-11)16-14-12(6-25-16)21-4-5-22-14/h6H,4-5,7-10H2,1-3H3. The first-order chi connectivity index (χ1) is 12.7. The molecule has 0 amide bonds. The van der Waals surface area contributed by atoms with E-state index in [4.69, 9.17) is 28.4 Å². The maximum Gasteiger partial charge on any atom is 0.181 e. The molecule has 0 aromatic carbocycles. The molecular weight excluding hydrogens is 376 g/mol. The van der Waals surface area contributed by atoms with Gasteiger partial charge in [-0.15, -0.1) is 22.7 Å². The molecule has 0 atom stereocenters. The summed E-state index contributed by atoms with van der Waals surface area (Å²) in [5.41, 5.74) is -0.335. The predicted molar refractivity (Wildman–Crippen MR) is 101 cm³/mol. The zero-order valence-electron chi connectivity index (χ0n) is 15.1. The molecule has 6 nitrogen and oxygen atoms in total. The number of fused-ring (bicyclic) bond motifs is 2. The van der Waals surface area contributed by atoms with Gasteiger partial charge in [-0.25, -0.2) is 0 Å². The summed E-state index contributed by atoms with van der Waals surface area (Å²) in [7, 11) is 3.37. The van der Waals surface area contributed by atoms with Crippen molar-refractivity contribution in [3.63, 3.8) is 0 Å². The highest BCUT2D eigenvalue weighted by atomic mass is 32.1. The molecule has 2 aromatic heterocycles. The summed E-state index contributed by atoms with van der Waals surface area (Å²) >= 11 is 3.27. The maximum atomic E-state index is 6.27. The zero-order valence-corrected chi connectivity index (χ0v) is 16.7. The second-order valence-electron chi connectivity index (χ2n) is 6.54. The summed E-state index contributed by atoms with van der Waals surface area (Å²) in [4.78, 5) is 3.14. The van der Waals surface area contributed by atoms with E-state index in [1.807, 2.05) is 12.3 Å². The highest BCUT2D eigenvalue weighted by molar-refractivity contribution is 7.22. The van der Waals surface area contributed by atoms with E-state index in [-0.39, 0.29) is 5.41 Å². The lowest BCUT2D eigenvalue weighted by Crippen LogP contribution is -2.42. The summed E-state index contributed by atoms with van der Waals surface area (Å²) < 4.78 is 34.8. The number of hydrogen-bond donors (Lipinski definition) is 0. The monoisotopic (exact) mass is 398 g/mol. The van der Waals surface area contributed by atoms with Crippen LogP contribution < -0.4 is 18.9 Å². The van der Waals surface area contributed by atoms with Crippen molar-refractivity contribution in [2.45, 2.75) is 6.92 Å². The van der Waals surface area contributed by atoms with Crippen molar-refractivity contribution in [2.24, 2.45) is 5.41 Å². The van der Waals surface area contributed by atoms with Crippen molar-refractivity contribution < 1.29 is 28.4 Å². The van der Waals surface area contributed by atoms with Gasteiger partial charge in [0.15, 0.2) is 23.0 Å². The minimum atomic E-state index is -0.335. The van der Waals surface area contributed by atoms with Crippen molar-refractivity contribution in [1.29, 1.82) is 0 Å². The van der Waals surface area contributed by atoms with Crippen molar-refractivity contribution >= 4 is 22.7 Å². The average molecular weight is 399 g/mol. The van der Waals surface area contributed by atoms with Crippen molar-refractivity contribution in [2.75, 3.05) is 53.9 Å². The first kappa shape index (κ1) is 17.9. The van der Waals surface area contributed by atoms with Crippen LogP contribution in [-0.4, -0.2) is 53.9 Å². The molecule has 4 rings (SSSR count). The Labute approximate surface area is 160 Å². The Morgan fingerprint density at radius 2 is 1.62 bits per heavy atom. The van der Waals surface area contributed by atoms with Gasteiger partial charge in [0, 0.05) is 24.5 Å². The first-order valence-electron chi connectivity index (χ1n) is 8.42. The molecule has 2 aliphatic rings. The number of methoxy groups -OCH3 is 2. The van der Waals surface area contributed by atoms with E-state index in [0.717, 1.165) is 37.6 Å². The van der Waals surface area contributed by atoms with Gasteiger partial charge in [0.25, 0.3) is 0 Å². The van der Waals surface area contributed by atoms with Crippen LogP contribution in [0.4, 0.5) is 0 Å². The van der Waals surface area contributed by atoms with Crippen LogP contribution >= 0.6 is 22.7 Å². The van der Waals surface area contributed by atoms with Crippen LogP contribution in [0.15, 0.2) is 5.38 Å². The first-order valence-corrected chi connectivity index (χ1v) is 10.1. The Balaban J connectivity index is 1.69. The summed E-state index contributed by atoms with van der Waals surface area (Å²) in [5, 5.41) is 1.99. The number of thiophene rings is 2. The third-order valence-electron chi connectivity index (χ3n) is 4.44. The fourth-order valence-electron chi connectivity index (χ4n) is 3.29. The third-order valence-corrected chi connectivity index (χ3v) is 6.61. The van der Waals surface area contributed by atoms with Crippen molar-refractivity contribution in [3.05, 3.63) is 10.3 Å². The van der Waals surface area contributed by atoms with Gasteiger partial charge in [-0.05, 0) is 6.92 Å². The normalized spacial score (nSPS) is 17.8. The maximum absolute atomic E-state index is 6.27. The largest absolute Gasteiger partial charge is 0.488 e. The quantitative estimate of drug-likeness (QED) is 0.767. The van der Waals surface area contributed by atoms with Crippen molar-refractivity contribution in [1.82, 2.24) is 0 Å². The Kier molecular flexibility index (Phi) is 5.00. The number of rotatable bonds is 5. The molecule has 0 bridgehead atoms. The van der Waals surface area contributed by atoms with E-state index in [9.17, 15) is 0 Å². The predicted octanol–water partition coefficient (Wildman–Crippen LogP) is 3.61. The van der Waals surface area contributed by atoms with Crippen molar-refractivity contribution in [3.8, 4) is 32.8 Å². The highest BCUT2D eigenvalue weighted by Gasteiger charge is 2.38. The van der Waals surface area contributed by atoms with E-state index in [2.05, 4.69) is 0 Å². The van der Waals surface area contributed by atoms with Crippen LogP contribution in [0.1, 0.15) is 4.88 Å². The van der Waals surface area contributed by atoms with Gasteiger partial charge in [-0.2, -0.15) is 0 Å². The topological polar surface area (TPSA) is 55.4 Å². The minimum absolute atomic E-state index is 0.335. The fourth-order valence-corrected chi connectivity index (χ4v) is 5.40. The van der Waals surface area contributed by atoms with Gasteiger partial charge in [0.2, 0.25) is 0 Å². The Morgan fingerprint density at radius 3 is 2.35 bits per heavy atom. The van der Waals surface area contributed by atoms with Gasteiger partial charge in [-0.1, -0.05) is 0 Å². The number of hydrogen-bond acceptors (Lipinski definition) is 8. The minimum Gasteiger partial charge on any atom is -0.488 e. The molecule has 142 valence electrons. The van der Waals surface area contributed by atoms with Gasteiger partial charge in [0.1, 0.15) is 26.4 Å². The molecule has 0 radical (unpaired) electrons. The van der Waals surface area contributed by atoms with Gasteiger partial charge in [-0.3, -0.25) is 0 Å². The van der Waals surface area contributed by atoms with Crippen LogP contribution in [0.5, 0.6) is 23.0 Å². The molecule has 0 saturated carbocycles. The molecule has 0 spiro atoms. The lowest BCUT2D eigenvalue weighted by Gasteiger charge is -2.29. The Morgan fingerprint density at radius 1 is 0.923 bits per heavy atom. The summed E-state index contributed by atoms with van der Waals surface area (Å²) in [6.07, 6.45) is 0. The molecular formula is C18H22O6S2.